The molecule has 0 amide bonds. The van der Waals surface area contributed by atoms with Gasteiger partial charge in [0.1, 0.15) is 17.3 Å². The van der Waals surface area contributed by atoms with E-state index in [4.69, 9.17) is 9.15 Å². The largest absolute Gasteiger partial charge is 0.496 e. The van der Waals surface area contributed by atoms with Crippen LogP contribution in [0.1, 0.15) is 28.9 Å². The van der Waals surface area contributed by atoms with Crippen molar-refractivity contribution in [1.82, 2.24) is 0 Å². The molecule has 3 aromatic rings. The van der Waals surface area contributed by atoms with E-state index in [2.05, 4.69) is 23.5 Å². The second-order valence-electron chi connectivity index (χ2n) is 7.29. The Bertz CT molecular complexity index is 1070. The van der Waals surface area contributed by atoms with Crippen LogP contribution in [-0.2, 0) is 4.79 Å². The summed E-state index contributed by atoms with van der Waals surface area (Å²) in [6.07, 6.45) is 4.32. The Morgan fingerprint density at radius 1 is 1.07 bits per heavy atom. The monoisotopic (exact) mass is 403 g/mol. The number of ketones is 1. The molecule has 29 heavy (non-hydrogen) atoms. The van der Waals surface area contributed by atoms with Gasteiger partial charge in [-0.05, 0) is 30.3 Å². The van der Waals surface area contributed by atoms with Gasteiger partial charge in [0.05, 0.1) is 30.2 Å². The number of fused-ring (bicyclic) bond motifs is 2. The second-order valence-corrected chi connectivity index (χ2v) is 8.48. The van der Waals surface area contributed by atoms with E-state index in [9.17, 15) is 4.79 Å². The first-order valence-electron chi connectivity index (χ1n) is 9.68. The van der Waals surface area contributed by atoms with Crippen LogP contribution in [0.3, 0.4) is 0 Å². The number of hydrogen-bond donors (Lipinski definition) is 1. The number of allylic oxidation sites excluding steroid dienone is 2. The van der Waals surface area contributed by atoms with Crippen molar-refractivity contribution in [3.05, 3.63) is 90.0 Å². The van der Waals surface area contributed by atoms with E-state index >= 15 is 0 Å². The maximum atomic E-state index is 13.4. The minimum absolute atomic E-state index is 0.0232. The van der Waals surface area contributed by atoms with Crippen LogP contribution in [-0.4, -0.2) is 12.9 Å². The fraction of sp³-hybridized carbons (Fsp3) is 0.208. The molecule has 0 fully saturated rings. The van der Waals surface area contributed by atoms with Gasteiger partial charge in [0.15, 0.2) is 0 Å². The number of methoxy groups -OCH3 is 1. The lowest BCUT2D eigenvalue weighted by atomic mass is 9.79. The van der Waals surface area contributed by atoms with Crippen LogP contribution in [0.2, 0.25) is 0 Å². The number of nitrogens with one attached hydrogen (secondary N) is 1. The highest BCUT2D eigenvalue weighted by molar-refractivity contribution is 7.99. The van der Waals surface area contributed by atoms with Gasteiger partial charge in [0, 0.05) is 28.5 Å². The van der Waals surface area contributed by atoms with Gasteiger partial charge in [-0.25, -0.2) is 0 Å². The van der Waals surface area contributed by atoms with Crippen LogP contribution in [0, 0.1) is 5.92 Å². The molecule has 0 saturated heterocycles. The normalized spacial score (nSPS) is 23.3. The highest BCUT2D eigenvalue weighted by atomic mass is 32.2. The van der Waals surface area contributed by atoms with Crippen LogP contribution in [0.15, 0.2) is 88.0 Å². The Kier molecular flexibility index (Phi) is 4.68. The third-order valence-corrected chi connectivity index (χ3v) is 6.94. The van der Waals surface area contributed by atoms with E-state index in [1.165, 1.54) is 0 Å². The average Bonchev–Trinajstić information content (AvgIpc) is 3.22. The lowest BCUT2D eigenvalue weighted by molar-refractivity contribution is -0.122. The van der Waals surface area contributed by atoms with E-state index in [-0.39, 0.29) is 22.9 Å². The molecule has 4 nitrogen and oxygen atoms in total. The van der Waals surface area contributed by atoms with Gasteiger partial charge in [-0.2, -0.15) is 0 Å². The predicted molar refractivity (Wildman–Crippen MR) is 114 cm³/mol. The van der Waals surface area contributed by atoms with Gasteiger partial charge in [0.25, 0.3) is 0 Å². The topological polar surface area (TPSA) is 51.5 Å². The number of benzene rings is 2. The summed E-state index contributed by atoms with van der Waals surface area (Å²) in [5.41, 5.74) is 3.00. The standard InChI is InChI=1S/C24H21NO3S/c1-27-20-9-4-2-7-16(20)15-13-18-23(19(26)14-15)24(21-10-6-12-28-21)29-22-11-5-3-8-17(22)25-18/h2-13,15,23-25H,14H2,1H3/t15-,23-,24+/m0/s1. The molecule has 146 valence electrons. The molecule has 1 N–H and O–H groups in total. The molecule has 3 atom stereocenters. The zero-order chi connectivity index (χ0) is 19.8. The molecule has 1 aliphatic heterocycles. The summed E-state index contributed by atoms with van der Waals surface area (Å²) in [7, 11) is 1.67. The van der Waals surface area contributed by atoms with E-state index in [0.29, 0.717) is 6.42 Å². The minimum Gasteiger partial charge on any atom is -0.496 e. The van der Waals surface area contributed by atoms with Crippen molar-refractivity contribution in [3.63, 3.8) is 0 Å². The number of ether oxygens (including phenoxy) is 1. The summed E-state index contributed by atoms with van der Waals surface area (Å²) in [4.78, 5) is 14.6. The number of rotatable bonds is 3. The zero-order valence-electron chi connectivity index (χ0n) is 16.0. The van der Waals surface area contributed by atoms with Crippen LogP contribution in [0.4, 0.5) is 5.69 Å². The highest BCUT2D eigenvalue weighted by Gasteiger charge is 2.41. The quantitative estimate of drug-likeness (QED) is 0.599. The van der Waals surface area contributed by atoms with E-state index in [1.54, 1.807) is 25.1 Å². The van der Waals surface area contributed by atoms with Crippen molar-refractivity contribution in [2.45, 2.75) is 22.5 Å². The van der Waals surface area contributed by atoms with Crippen molar-refractivity contribution >= 4 is 23.2 Å². The van der Waals surface area contributed by atoms with Gasteiger partial charge in [-0.15, -0.1) is 11.8 Å². The molecule has 5 rings (SSSR count). The molecular weight excluding hydrogens is 382 g/mol. The molecule has 2 aliphatic rings. The second kappa shape index (κ2) is 7.48. The first-order valence-corrected chi connectivity index (χ1v) is 10.6. The molecule has 0 spiro atoms. The number of para-hydroxylation sites is 2. The SMILES string of the molecule is COc1ccccc1[C@H]1C=C2Nc3ccccc3S[C@H](c3ccco3)[C@@H]2C(=O)C1. The van der Waals surface area contributed by atoms with Crippen LogP contribution in [0.5, 0.6) is 5.75 Å². The zero-order valence-corrected chi connectivity index (χ0v) is 16.8. The summed E-state index contributed by atoms with van der Waals surface area (Å²) in [6, 6.07) is 19.9. The Labute approximate surface area is 174 Å². The predicted octanol–water partition coefficient (Wildman–Crippen LogP) is 5.80. The number of carbonyl (C=O) groups is 1. The number of hydrogen-bond acceptors (Lipinski definition) is 5. The molecular formula is C24H21NO3S. The fourth-order valence-corrected chi connectivity index (χ4v) is 5.59. The summed E-state index contributed by atoms with van der Waals surface area (Å²) in [5.74, 6) is 1.56. The molecule has 1 aliphatic carbocycles. The number of anilines is 1. The van der Waals surface area contributed by atoms with Gasteiger partial charge in [0.2, 0.25) is 0 Å². The van der Waals surface area contributed by atoms with Crippen molar-refractivity contribution in [3.8, 4) is 5.75 Å². The number of furan rings is 1. The number of carbonyl (C=O) groups excluding carboxylic acids is 1. The third kappa shape index (κ3) is 3.25. The van der Waals surface area contributed by atoms with Crippen molar-refractivity contribution in [1.29, 1.82) is 0 Å². The van der Waals surface area contributed by atoms with Gasteiger partial charge >= 0.3 is 0 Å². The Balaban J connectivity index is 1.63. The molecule has 0 unspecified atom stereocenters. The lowest BCUT2D eigenvalue weighted by Crippen LogP contribution is -2.30. The summed E-state index contributed by atoms with van der Waals surface area (Å²) >= 11 is 1.69. The molecule has 2 aromatic carbocycles. The average molecular weight is 404 g/mol. The maximum absolute atomic E-state index is 13.4. The van der Waals surface area contributed by atoms with E-state index in [1.807, 2.05) is 48.5 Å². The molecule has 0 radical (unpaired) electrons. The van der Waals surface area contributed by atoms with Crippen molar-refractivity contribution in [2.24, 2.45) is 5.92 Å². The number of thioether (sulfide) groups is 1. The van der Waals surface area contributed by atoms with Crippen LogP contribution < -0.4 is 10.1 Å². The molecule has 0 saturated carbocycles. The fourth-order valence-electron chi connectivity index (χ4n) is 4.23. The first kappa shape index (κ1) is 18.1. The minimum atomic E-state index is -0.274. The van der Waals surface area contributed by atoms with Crippen molar-refractivity contribution < 1.29 is 13.9 Å². The third-order valence-electron chi connectivity index (χ3n) is 5.57. The maximum Gasteiger partial charge on any atom is 0.144 e. The van der Waals surface area contributed by atoms with Gasteiger partial charge in [-0.1, -0.05) is 36.4 Å². The van der Waals surface area contributed by atoms with Crippen molar-refractivity contribution in [2.75, 3.05) is 12.4 Å². The molecule has 1 aromatic heterocycles. The number of Topliss-reactive ketones (excluding diaryl/α,β-unsaturated/α-hetero) is 1. The Morgan fingerprint density at radius 2 is 1.90 bits per heavy atom. The lowest BCUT2D eigenvalue weighted by Gasteiger charge is -2.31. The summed E-state index contributed by atoms with van der Waals surface area (Å²) in [6.45, 7) is 0. The first-order chi connectivity index (χ1) is 14.2. The highest BCUT2D eigenvalue weighted by Crippen LogP contribution is 2.52. The molecule has 0 bridgehead atoms. The Morgan fingerprint density at radius 3 is 2.72 bits per heavy atom. The smallest absolute Gasteiger partial charge is 0.144 e. The Hall–Kier alpha value is -2.92. The van der Waals surface area contributed by atoms with Crippen LogP contribution in [0.25, 0.3) is 0 Å². The van der Waals surface area contributed by atoms with Gasteiger partial charge in [-0.3, -0.25) is 4.79 Å². The van der Waals surface area contributed by atoms with Gasteiger partial charge < -0.3 is 14.5 Å². The van der Waals surface area contributed by atoms with E-state index in [0.717, 1.165) is 33.4 Å². The summed E-state index contributed by atoms with van der Waals surface area (Å²) < 4.78 is 11.3. The molecule has 2 heterocycles. The van der Waals surface area contributed by atoms with E-state index < -0.39 is 0 Å². The summed E-state index contributed by atoms with van der Waals surface area (Å²) in [5, 5.41) is 3.46. The van der Waals surface area contributed by atoms with Crippen LogP contribution >= 0.6 is 11.8 Å². The molecule has 5 heteroatoms.